The van der Waals surface area contributed by atoms with Gasteiger partial charge in [-0.2, -0.15) is 0 Å². The monoisotopic (exact) mass is 536 g/mol. The lowest BCUT2D eigenvalue weighted by molar-refractivity contribution is -0.0225. The molecular formula is C32H38F2N2O3. The Bertz CT molecular complexity index is 1340. The van der Waals surface area contributed by atoms with Crippen LogP contribution < -0.4 is 9.47 Å². The highest BCUT2D eigenvalue weighted by Gasteiger charge is 2.49. The number of amidine groups is 1. The van der Waals surface area contributed by atoms with E-state index in [0.717, 1.165) is 33.8 Å². The minimum absolute atomic E-state index is 0.171. The quantitative estimate of drug-likeness (QED) is 0.307. The first kappa shape index (κ1) is 28.4. The second kappa shape index (κ2) is 11.6. The van der Waals surface area contributed by atoms with Gasteiger partial charge in [0.2, 0.25) is 0 Å². The number of halogens is 2. The molecule has 0 unspecified atom stereocenters. The number of alkyl halides is 1. The minimum Gasteiger partial charge on any atom is -0.497 e. The molecule has 208 valence electrons. The Hall–Kier alpha value is -3.61. The summed E-state index contributed by atoms with van der Waals surface area (Å²) < 4.78 is 48.6. The van der Waals surface area contributed by atoms with Crippen LogP contribution in [0.1, 0.15) is 48.6 Å². The van der Waals surface area contributed by atoms with Crippen molar-refractivity contribution in [2.75, 3.05) is 14.2 Å². The standard InChI is InChI=1S/C32H38F2N2O3/c1-20(2)29-30(34)32(5,26-10-8-9-11-27(26)33)35-31(39-29)36(18-23-14-15-25(37-6)17-22(23)4)19-24-13-12-21(3)16-28(24)38-7/h8-17,20,29-30H,18-19H2,1-7H3/t29-,30+,32-/m1/s1. The maximum absolute atomic E-state index is 16.2. The SMILES string of the molecule is COc1ccc(CN(Cc2ccc(C)cc2OC)C2=N[C@](C)(c3ccccc3F)[C@@H](F)[C@@H](C(C)C)O2)c(C)c1. The molecule has 0 spiro atoms. The average Bonchev–Trinajstić information content (AvgIpc) is 2.91. The van der Waals surface area contributed by atoms with Crippen molar-refractivity contribution < 1.29 is 23.0 Å². The predicted molar refractivity (Wildman–Crippen MR) is 151 cm³/mol. The topological polar surface area (TPSA) is 43.3 Å². The molecule has 3 atom stereocenters. The van der Waals surface area contributed by atoms with E-state index in [9.17, 15) is 0 Å². The van der Waals surface area contributed by atoms with Gasteiger partial charge in [0, 0.05) is 17.7 Å². The second-order valence-corrected chi connectivity index (χ2v) is 10.7. The van der Waals surface area contributed by atoms with E-state index < -0.39 is 23.6 Å². The highest BCUT2D eigenvalue weighted by atomic mass is 19.1. The van der Waals surface area contributed by atoms with Crippen molar-refractivity contribution in [3.05, 3.63) is 94.3 Å². The van der Waals surface area contributed by atoms with Crippen LogP contribution in [0.5, 0.6) is 11.5 Å². The van der Waals surface area contributed by atoms with Crippen LogP contribution in [0.4, 0.5) is 8.78 Å². The van der Waals surface area contributed by atoms with Crippen molar-refractivity contribution in [1.82, 2.24) is 4.90 Å². The fraction of sp³-hybridized carbons (Fsp3) is 0.406. The van der Waals surface area contributed by atoms with E-state index in [0.29, 0.717) is 13.1 Å². The van der Waals surface area contributed by atoms with Gasteiger partial charge in [0.15, 0.2) is 6.17 Å². The molecule has 0 saturated carbocycles. The molecule has 1 aliphatic rings. The summed E-state index contributed by atoms with van der Waals surface area (Å²) in [7, 11) is 3.28. The summed E-state index contributed by atoms with van der Waals surface area (Å²) >= 11 is 0. The Morgan fingerprint density at radius 1 is 0.974 bits per heavy atom. The lowest BCUT2D eigenvalue weighted by Crippen LogP contribution is -2.53. The zero-order valence-electron chi connectivity index (χ0n) is 23.8. The summed E-state index contributed by atoms with van der Waals surface area (Å²) in [4.78, 5) is 6.80. The largest absolute Gasteiger partial charge is 0.497 e. The molecule has 7 heteroatoms. The maximum atomic E-state index is 16.2. The van der Waals surface area contributed by atoms with E-state index in [-0.39, 0.29) is 17.5 Å². The highest BCUT2D eigenvalue weighted by molar-refractivity contribution is 5.76. The molecule has 5 nitrogen and oxygen atoms in total. The summed E-state index contributed by atoms with van der Waals surface area (Å²) in [5.41, 5.74) is 2.80. The number of aliphatic imine (C=N–C) groups is 1. The molecule has 3 aromatic carbocycles. The minimum atomic E-state index is -1.54. The molecule has 0 aliphatic carbocycles. The van der Waals surface area contributed by atoms with E-state index >= 15 is 8.78 Å². The highest BCUT2D eigenvalue weighted by Crippen LogP contribution is 2.41. The molecular weight excluding hydrogens is 498 g/mol. The molecule has 4 rings (SSSR count). The third-order valence-corrected chi connectivity index (χ3v) is 7.46. The predicted octanol–water partition coefficient (Wildman–Crippen LogP) is 7.13. The normalized spacial score (nSPS) is 20.8. The number of hydrogen-bond donors (Lipinski definition) is 0. The van der Waals surface area contributed by atoms with Crippen molar-refractivity contribution in [3.63, 3.8) is 0 Å². The van der Waals surface area contributed by atoms with Crippen molar-refractivity contribution in [1.29, 1.82) is 0 Å². The van der Waals surface area contributed by atoms with Gasteiger partial charge < -0.3 is 19.1 Å². The fourth-order valence-electron chi connectivity index (χ4n) is 5.05. The Balaban J connectivity index is 1.85. The van der Waals surface area contributed by atoms with Gasteiger partial charge in [0.1, 0.15) is 29.0 Å². The van der Waals surface area contributed by atoms with Crippen molar-refractivity contribution in [3.8, 4) is 11.5 Å². The molecule has 0 aromatic heterocycles. The smallest absolute Gasteiger partial charge is 0.289 e. The first-order valence-electron chi connectivity index (χ1n) is 13.2. The second-order valence-electron chi connectivity index (χ2n) is 10.7. The Morgan fingerprint density at radius 2 is 1.67 bits per heavy atom. The van der Waals surface area contributed by atoms with Crippen LogP contribution in [0.2, 0.25) is 0 Å². The zero-order valence-corrected chi connectivity index (χ0v) is 23.8. The summed E-state index contributed by atoms with van der Waals surface area (Å²) in [6.45, 7) is 10.3. The van der Waals surface area contributed by atoms with Crippen LogP contribution in [-0.4, -0.2) is 37.4 Å². The molecule has 1 aliphatic heterocycles. The summed E-state index contributed by atoms with van der Waals surface area (Å²) in [5.74, 6) is 0.841. The van der Waals surface area contributed by atoms with Gasteiger partial charge in [-0.1, -0.05) is 50.2 Å². The molecule has 39 heavy (non-hydrogen) atoms. The van der Waals surface area contributed by atoms with Crippen molar-refractivity contribution in [2.24, 2.45) is 10.9 Å². The van der Waals surface area contributed by atoms with Crippen LogP contribution >= 0.6 is 0 Å². The van der Waals surface area contributed by atoms with Crippen LogP contribution in [-0.2, 0) is 23.4 Å². The number of hydrogen-bond acceptors (Lipinski definition) is 5. The first-order chi connectivity index (χ1) is 18.6. The Kier molecular flexibility index (Phi) is 8.48. The van der Waals surface area contributed by atoms with E-state index in [4.69, 9.17) is 19.2 Å². The van der Waals surface area contributed by atoms with E-state index in [1.807, 2.05) is 69.0 Å². The van der Waals surface area contributed by atoms with Gasteiger partial charge in [-0.25, -0.2) is 13.8 Å². The summed E-state index contributed by atoms with van der Waals surface area (Å²) in [6.07, 6.45) is -2.36. The molecule has 0 fully saturated rings. The van der Waals surface area contributed by atoms with Gasteiger partial charge in [-0.05, 0) is 67.6 Å². The van der Waals surface area contributed by atoms with E-state index in [2.05, 4.69) is 0 Å². The molecule has 0 radical (unpaired) electrons. The maximum Gasteiger partial charge on any atom is 0.289 e. The van der Waals surface area contributed by atoms with Crippen molar-refractivity contribution >= 4 is 6.02 Å². The van der Waals surface area contributed by atoms with Gasteiger partial charge in [-0.3, -0.25) is 0 Å². The number of ether oxygens (including phenoxy) is 3. The Morgan fingerprint density at radius 3 is 2.31 bits per heavy atom. The summed E-state index contributed by atoms with van der Waals surface area (Å²) in [5, 5.41) is 0. The molecule has 0 N–H and O–H groups in total. The third kappa shape index (κ3) is 5.87. The van der Waals surface area contributed by atoms with Crippen LogP contribution in [0.15, 0.2) is 65.7 Å². The first-order valence-corrected chi connectivity index (χ1v) is 13.2. The van der Waals surface area contributed by atoms with Crippen LogP contribution in [0.25, 0.3) is 0 Å². The van der Waals surface area contributed by atoms with Gasteiger partial charge in [0.05, 0.1) is 20.8 Å². The number of aryl methyl sites for hydroxylation is 2. The fourth-order valence-corrected chi connectivity index (χ4v) is 5.05. The van der Waals surface area contributed by atoms with Gasteiger partial charge in [-0.15, -0.1) is 0 Å². The molecule has 0 bridgehead atoms. The lowest BCUT2D eigenvalue weighted by atomic mass is 9.81. The molecule has 0 saturated heterocycles. The third-order valence-electron chi connectivity index (χ3n) is 7.46. The number of methoxy groups -OCH3 is 2. The van der Waals surface area contributed by atoms with Crippen molar-refractivity contribution in [2.45, 2.75) is 65.5 Å². The molecule has 3 aromatic rings. The van der Waals surface area contributed by atoms with Crippen LogP contribution in [0.3, 0.4) is 0 Å². The number of nitrogens with zero attached hydrogens (tertiary/aromatic N) is 2. The van der Waals surface area contributed by atoms with E-state index in [1.54, 1.807) is 39.3 Å². The Labute approximate surface area is 230 Å². The lowest BCUT2D eigenvalue weighted by Gasteiger charge is -2.43. The zero-order chi connectivity index (χ0) is 28.3. The average molecular weight is 537 g/mol. The summed E-state index contributed by atoms with van der Waals surface area (Å²) in [6, 6.07) is 18.4. The van der Waals surface area contributed by atoms with Gasteiger partial charge in [0.25, 0.3) is 6.02 Å². The van der Waals surface area contributed by atoms with Gasteiger partial charge >= 0.3 is 0 Å². The van der Waals surface area contributed by atoms with E-state index in [1.165, 1.54) is 6.07 Å². The molecule has 1 heterocycles. The van der Waals surface area contributed by atoms with Crippen LogP contribution in [0, 0.1) is 25.6 Å². The number of benzene rings is 3. The molecule has 0 amide bonds. The number of rotatable bonds is 8.